The van der Waals surface area contributed by atoms with Gasteiger partial charge in [-0.2, -0.15) is 0 Å². The van der Waals surface area contributed by atoms with Crippen molar-refractivity contribution in [2.45, 2.75) is 340 Å². The smallest absolute Gasteiger partial charge is 0.249 e. The zero-order valence-corrected chi connectivity index (χ0v) is 44.9. The van der Waals surface area contributed by atoms with E-state index in [2.05, 4.69) is 55.6 Å². The maximum absolute atomic E-state index is 12.6. The Morgan fingerprint density at radius 3 is 0.940 bits per heavy atom. The Hall–Kier alpha value is -1.47. The summed E-state index contributed by atoms with van der Waals surface area (Å²) in [5.41, 5.74) is 0. The predicted molar refractivity (Wildman–Crippen MR) is 293 cm³/mol. The second-order valence-electron chi connectivity index (χ2n) is 20.7. The van der Waals surface area contributed by atoms with Gasteiger partial charge in [-0.15, -0.1) is 0 Å². The molecule has 67 heavy (non-hydrogen) atoms. The lowest BCUT2D eigenvalue weighted by molar-refractivity contribution is -0.132. The molecule has 4 atom stereocenters. The minimum absolute atomic E-state index is 0.353. The molecule has 0 aliphatic carbocycles. The highest BCUT2D eigenvalue weighted by molar-refractivity contribution is 5.80. The Morgan fingerprint density at radius 2 is 0.627 bits per heavy atom. The minimum Gasteiger partial charge on any atom is -0.394 e. The summed E-state index contributed by atoms with van der Waals surface area (Å²) in [6.45, 7) is 4.07. The molecule has 0 spiro atoms. The predicted octanol–water partition coefficient (Wildman–Crippen LogP) is 17.6. The summed E-state index contributed by atoms with van der Waals surface area (Å²) in [5.74, 6) is -0.599. The molecule has 396 valence electrons. The molecule has 0 saturated heterocycles. The standard InChI is InChI=1S/C61H117NO5/c1-3-5-7-9-11-13-15-17-19-21-23-24-25-26-27-28-29-30-31-32-33-34-35-37-38-40-42-44-46-48-50-52-54-58(64)60(66)57(56-63)62-61(67)59(65)55-53-51-49-47-45-43-41-39-36-22-20-18-16-14-12-10-8-6-4-2/h36,38-40,46,48,57-60,63-66H,3-35,37,41-45,47,49-56H2,1-2H3,(H,62,67)/b39-36-,40-38+,48-46+. The number of aliphatic hydroxyl groups is 4. The highest BCUT2D eigenvalue weighted by Crippen LogP contribution is 2.18. The Labute approximate surface area is 417 Å². The molecule has 5 N–H and O–H groups in total. The number of amides is 1. The zero-order valence-electron chi connectivity index (χ0n) is 44.9. The van der Waals surface area contributed by atoms with Crippen molar-refractivity contribution in [2.75, 3.05) is 6.61 Å². The number of rotatable bonds is 55. The van der Waals surface area contributed by atoms with E-state index >= 15 is 0 Å². The maximum Gasteiger partial charge on any atom is 0.249 e. The number of aliphatic hydroxyl groups excluding tert-OH is 4. The summed E-state index contributed by atoms with van der Waals surface area (Å²) in [6.07, 6.45) is 69.5. The van der Waals surface area contributed by atoms with Gasteiger partial charge < -0.3 is 25.7 Å². The van der Waals surface area contributed by atoms with Gasteiger partial charge in [0.15, 0.2) is 0 Å². The largest absolute Gasteiger partial charge is 0.394 e. The fraction of sp³-hybridized carbons (Fsp3) is 0.885. The monoisotopic (exact) mass is 944 g/mol. The highest BCUT2D eigenvalue weighted by Gasteiger charge is 2.28. The van der Waals surface area contributed by atoms with Crippen molar-refractivity contribution in [3.63, 3.8) is 0 Å². The lowest BCUT2D eigenvalue weighted by atomic mass is 10.00. The molecule has 0 heterocycles. The second kappa shape index (κ2) is 55.5. The Kier molecular flexibility index (Phi) is 54.2. The first-order valence-corrected chi connectivity index (χ1v) is 29.9. The van der Waals surface area contributed by atoms with Crippen LogP contribution in [0.3, 0.4) is 0 Å². The van der Waals surface area contributed by atoms with Gasteiger partial charge in [0.05, 0.1) is 18.8 Å². The van der Waals surface area contributed by atoms with E-state index in [4.69, 9.17) is 0 Å². The number of hydrogen-bond donors (Lipinski definition) is 5. The van der Waals surface area contributed by atoms with Gasteiger partial charge in [-0.05, 0) is 77.0 Å². The molecule has 0 aromatic carbocycles. The lowest BCUT2D eigenvalue weighted by Crippen LogP contribution is -2.53. The average Bonchev–Trinajstić information content (AvgIpc) is 3.33. The van der Waals surface area contributed by atoms with E-state index in [1.807, 2.05) is 0 Å². The first-order valence-electron chi connectivity index (χ1n) is 29.9. The first-order chi connectivity index (χ1) is 33.0. The minimum atomic E-state index is -1.29. The van der Waals surface area contributed by atoms with Crippen LogP contribution in [0, 0.1) is 0 Å². The first kappa shape index (κ1) is 65.5. The van der Waals surface area contributed by atoms with Crippen LogP contribution in [0.5, 0.6) is 0 Å². The Morgan fingerprint density at radius 1 is 0.358 bits per heavy atom. The van der Waals surface area contributed by atoms with Crippen molar-refractivity contribution in [3.8, 4) is 0 Å². The van der Waals surface area contributed by atoms with Gasteiger partial charge in [0.1, 0.15) is 12.2 Å². The summed E-state index contributed by atoms with van der Waals surface area (Å²) < 4.78 is 0. The number of nitrogens with one attached hydrogen (secondary N) is 1. The van der Waals surface area contributed by atoms with E-state index in [0.29, 0.717) is 19.3 Å². The molecule has 0 fully saturated rings. The van der Waals surface area contributed by atoms with E-state index in [9.17, 15) is 25.2 Å². The normalized spacial score (nSPS) is 13.9. The number of hydrogen-bond acceptors (Lipinski definition) is 5. The SMILES string of the molecule is CCCCCCCCCCC/C=C\CCCCCCCCC(O)C(=O)NC(CO)C(O)C(O)CCC/C=C/CC/C=C/CCCCCCCCCCCCCCCCCCCCCCCCC. The van der Waals surface area contributed by atoms with Crippen molar-refractivity contribution < 1.29 is 25.2 Å². The van der Waals surface area contributed by atoms with E-state index < -0.39 is 36.9 Å². The fourth-order valence-corrected chi connectivity index (χ4v) is 9.36. The number of unbranched alkanes of at least 4 members (excludes halogenated alkanes) is 40. The molecule has 1 amide bonds. The van der Waals surface area contributed by atoms with Crippen molar-refractivity contribution in [2.24, 2.45) is 0 Å². The van der Waals surface area contributed by atoms with Crippen LogP contribution in [-0.4, -0.2) is 57.3 Å². The molecular formula is C61H117NO5. The van der Waals surface area contributed by atoms with E-state index in [-0.39, 0.29) is 0 Å². The van der Waals surface area contributed by atoms with Crippen LogP contribution in [0.1, 0.15) is 316 Å². The van der Waals surface area contributed by atoms with Crippen molar-refractivity contribution >= 4 is 5.91 Å². The molecule has 0 saturated carbocycles. The summed E-state index contributed by atoms with van der Waals surface area (Å²) in [5, 5.41) is 44.0. The van der Waals surface area contributed by atoms with Gasteiger partial charge in [-0.25, -0.2) is 0 Å². The van der Waals surface area contributed by atoms with Crippen LogP contribution >= 0.6 is 0 Å². The van der Waals surface area contributed by atoms with E-state index in [0.717, 1.165) is 51.4 Å². The Bertz CT molecular complexity index is 1060. The van der Waals surface area contributed by atoms with Gasteiger partial charge >= 0.3 is 0 Å². The van der Waals surface area contributed by atoms with Gasteiger partial charge in [0.25, 0.3) is 0 Å². The molecule has 0 aliphatic rings. The third kappa shape index (κ3) is 49.3. The topological polar surface area (TPSA) is 110 Å². The summed E-state index contributed by atoms with van der Waals surface area (Å²) in [7, 11) is 0. The van der Waals surface area contributed by atoms with Crippen molar-refractivity contribution in [3.05, 3.63) is 36.5 Å². The lowest BCUT2D eigenvalue weighted by Gasteiger charge is -2.27. The second-order valence-corrected chi connectivity index (χ2v) is 20.7. The van der Waals surface area contributed by atoms with Crippen LogP contribution in [0.2, 0.25) is 0 Å². The molecule has 0 aliphatic heterocycles. The van der Waals surface area contributed by atoms with Gasteiger partial charge in [-0.1, -0.05) is 275 Å². The molecular weight excluding hydrogens is 827 g/mol. The molecule has 0 aromatic heterocycles. The molecule has 4 unspecified atom stereocenters. The molecule has 0 radical (unpaired) electrons. The maximum atomic E-state index is 12.6. The van der Waals surface area contributed by atoms with Crippen molar-refractivity contribution in [1.29, 1.82) is 0 Å². The molecule has 6 nitrogen and oxygen atoms in total. The fourth-order valence-electron chi connectivity index (χ4n) is 9.36. The zero-order chi connectivity index (χ0) is 48.8. The van der Waals surface area contributed by atoms with Crippen LogP contribution in [0.4, 0.5) is 0 Å². The third-order valence-electron chi connectivity index (χ3n) is 14.1. The van der Waals surface area contributed by atoms with Gasteiger partial charge in [-0.3, -0.25) is 4.79 Å². The number of allylic oxidation sites excluding steroid dienone is 6. The highest BCUT2D eigenvalue weighted by atomic mass is 16.3. The molecule has 0 aromatic rings. The number of carbonyl (C=O) groups is 1. The van der Waals surface area contributed by atoms with Crippen LogP contribution in [0.25, 0.3) is 0 Å². The van der Waals surface area contributed by atoms with E-state index in [1.54, 1.807) is 0 Å². The summed E-state index contributed by atoms with van der Waals surface area (Å²) in [6, 6.07) is -1.01. The van der Waals surface area contributed by atoms with E-state index in [1.165, 1.54) is 231 Å². The van der Waals surface area contributed by atoms with Crippen LogP contribution < -0.4 is 5.32 Å². The van der Waals surface area contributed by atoms with Gasteiger partial charge in [0.2, 0.25) is 5.91 Å². The molecule has 0 bridgehead atoms. The van der Waals surface area contributed by atoms with Gasteiger partial charge in [0, 0.05) is 0 Å². The summed E-state index contributed by atoms with van der Waals surface area (Å²) in [4.78, 5) is 12.6. The van der Waals surface area contributed by atoms with Crippen molar-refractivity contribution in [1.82, 2.24) is 5.32 Å². The average molecular weight is 945 g/mol. The quantitative estimate of drug-likeness (QED) is 0.0308. The molecule has 6 heteroatoms. The van der Waals surface area contributed by atoms with Crippen LogP contribution in [-0.2, 0) is 4.79 Å². The Balaban J connectivity index is 3.64. The van der Waals surface area contributed by atoms with Crippen LogP contribution in [0.15, 0.2) is 36.5 Å². The third-order valence-corrected chi connectivity index (χ3v) is 14.1. The summed E-state index contributed by atoms with van der Waals surface area (Å²) >= 11 is 0. The number of carbonyl (C=O) groups excluding carboxylic acids is 1. The molecule has 0 rings (SSSR count).